The first-order valence-electron chi connectivity index (χ1n) is 12.4. The summed E-state index contributed by atoms with van der Waals surface area (Å²) in [6, 6.07) is 6.11. The number of hydrogen-bond acceptors (Lipinski definition) is 4. The van der Waals surface area contributed by atoms with Crippen molar-refractivity contribution in [1.82, 2.24) is 4.98 Å². The van der Waals surface area contributed by atoms with Crippen LogP contribution in [-0.4, -0.2) is 11.6 Å². The van der Waals surface area contributed by atoms with Gasteiger partial charge >= 0.3 is 0 Å². The zero-order valence-electron chi connectivity index (χ0n) is 21.9. The summed E-state index contributed by atoms with van der Waals surface area (Å²) in [4.78, 5) is 18.4. The van der Waals surface area contributed by atoms with Crippen LogP contribution in [0.4, 0.5) is 0 Å². The summed E-state index contributed by atoms with van der Waals surface area (Å²) >= 11 is 1.64. The first kappa shape index (κ1) is 26.2. The van der Waals surface area contributed by atoms with Gasteiger partial charge < -0.3 is 4.74 Å². The third kappa shape index (κ3) is 6.56. The Hall–Kier alpha value is -2.46. The van der Waals surface area contributed by atoms with Crippen LogP contribution in [0.1, 0.15) is 76.5 Å². The molecule has 3 rings (SSSR count). The van der Waals surface area contributed by atoms with Crippen LogP contribution in [0.15, 0.2) is 46.3 Å². The van der Waals surface area contributed by atoms with Crippen molar-refractivity contribution in [2.75, 3.05) is 6.61 Å². The van der Waals surface area contributed by atoms with Crippen molar-refractivity contribution in [3.8, 4) is 16.3 Å². The van der Waals surface area contributed by atoms with Crippen molar-refractivity contribution in [3.63, 3.8) is 0 Å². The van der Waals surface area contributed by atoms with E-state index in [9.17, 15) is 4.79 Å². The molecule has 0 aromatic heterocycles. The zero-order valence-corrected chi connectivity index (χ0v) is 22.7. The van der Waals surface area contributed by atoms with Crippen LogP contribution in [0.3, 0.4) is 0 Å². The number of benzene rings is 2. The Balaban J connectivity index is 1.57. The van der Waals surface area contributed by atoms with Gasteiger partial charge in [-0.15, -0.1) is 11.3 Å². The van der Waals surface area contributed by atoms with E-state index in [1.165, 1.54) is 17.6 Å². The Morgan fingerprint density at radius 1 is 1.03 bits per heavy atom. The molecule has 0 N–H and O–H groups in total. The van der Waals surface area contributed by atoms with Crippen molar-refractivity contribution >= 4 is 21.6 Å². The van der Waals surface area contributed by atoms with E-state index in [1.807, 2.05) is 32.9 Å². The van der Waals surface area contributed by atoms with Crippen molar-refractivity contribution in [3.05, 3.63) is 68.4 Å². The molecular formula is C30H39NO2S. The van der Waals surface area contributed by atoms with Crippen molar-refractivity contribution in [2.45, 2.75) is 80.6 Å². The van der Waals surface area contributed by atoms with Crippen LogP contribution in [0.2, 0.25) is 0 Å². The lowest BCUT2D eigenvalue weighted by Gasteiger charge is -2.15. The lowest BCUT2D eigenvalue weighted by atomic mass is 10.0. The second kappa shape index (κ2) is 11.8. The van der Waals surface area contributed by atoms with Crippen LogP contribution in [-0.2, 0) is 0 Å². The van der Waals surface area contributed by atoms with Gasteiger partial charge in [0.25, 0.3) is 0 Å². The van der Waals surface area contributed by atoms with E-state index < -0.39 is 0 Å². The summed E-state index contributed by atoms with van der Waals surface area (Å²) in [5.74, 6) is 1.49. The molecule has 0 saturated carbocycles. The fourth-order valence-electron chi connectivity index (χ4n) is 4.16. The molecule has 182 valence electrons. The van der Waals surface area contributed by atoms with E-state index in [1.54, 1.807) is 11.3 Å². The first-order valence-corrected chi connectivity index (χ1v) is 13.2. The maximum Gasteiger partial charge on any atom is 0.186 e. The Kier molecular flexibility index (Phi) is 9.07. The Morgan fingerprint density at radius 3 is 2.53 bits per heavy atom. The molecular weight excluding hydrogens is 438 g/mol. The molecule has 1 unspecified atom stereocenters. The smallest absolute Gasteiger partial charge is 0.186 e. The van der Waals surface area contributed by atoms with E-state index in [0.717, 1.165) is 68.9 Å². The number of aromatic nitrogens is 1. The molecule has 1 heterocycles. The van der Waals surface area contributed by atoms with Gasteiger partial charge in [-0.25, -0.2) is 4.98 Å². The Labute approximate surface area is 208 Å². The monoisotopic (exact) mass is 477 g/mol. The summed E-state index contributed by atoms with van der Waals surface area (Å²) in [6.07, 6.45) is 10.4. The molecule has 1 atom stereocenters. The molecule has 1 aliphatic carbocycles. The van der Waals surface area contributed by atoms with Gasteiger partial charge in [0.2, 0.25) is 0 Å². The number of nitrogens with zero attached hydrogens (tertiary/aromatic N) is 1. The molecule has 1 aromatic carbocycles. The highest BCUT2D eigenvalue weighted by Gasteiger charge is 2.18. The van der Waals surface area contributed by atoms with E-state index in [4.69, 9.17) is 9.72 Å². The maximum absolute atomic E-state index is 12.5. The highest BCUT2D eigenvalue weighted by Crippen LogP contribution is 2.36. The summed E-state index contributed by atoms with van der Waals surface area (Å²) < 4.78 is 7.16. The third-order valence-electron chi connectivity index (χ3n) is 6.65. The topological polar surface area (TPSA) is 39.2 Å². The lowest BCUT2D eigenvalue weighted by Crippen LogP contribution is -2.14. The molecule has 0 fully saturated rings. The fraction of sp³-hybridized carbons (Fsp3) is 0.467. The van der Waals surface area contributed by atoms with Gasteiger partial charge in [0.1, 0.15) is 5.75 Å². The number of hydrogen-bond donors (Lipinski definition) is 0. The minimum atomic E-state index is 0.130. The predicted molar refractivity (Wildman–Crippen MR) is 148 cm³/mol. The minimum Gasteiger partial charge on any atom is -0.494 e. The quantitative estimate of drug-likeness (QED) is 0.217. The van der Waals surface area contributed by atoms with Gasteiger partial charge in [-0.3, -0.25) is 4.79 Å². The summed E-state index contributed by atoms with van der Waals surface area (Å²) in [7, 11) is 0. The highest BCUT2D eigenvalue weighted by molar-refractivity contribution is 7.21. The normalized spacial score (nSPS) is 12.9. The summed E-state index contributed by atoms with van der Waals surface area (Å²) in [5, 5.41) is 0. The van der Waals surface area contributed by atoms with Crippen LogP contribution in [0, 0.1) is 26.7 Å². The molecule has 3 nitrogen and oxygen atoms in total. The third-order valence-corrected chi connectivity index (χ3v) is 7.92. The predicted octanol–water partition coefficient (Wildman–Crippen LogP) is 8.56. The average Bonchev–Trinajstić information content (AvgIpc) is 2.80. The van der Waals surface area contributed by atoms with Gasteiger partial charge in [0.15, 0.2) is 5.43 Å². The molecule has 34 heavy (non-hydrogen) atoms. The number of rotatable bonds is 10. The van der Waals surface area contributed by atoms with Gasteiger partial charge in [-0.2, -0.15) is 0 Å². The van der Waals surface area contributed by atoms with Crippen molar-refractivity contribution < 1.29 is 4.74 Å². The Bertz CT molecular complexity index is 1230. The van der Waals surface area contributed by atoms with Crippen LogP contribution >= 0.6 is 11.3 Å². The average molecular weight is 478 g/mol. The SMILES string of the molecule is CC(C)=CCC/C(C)=C/CCC(C)CCOc1ccc2sc3c(C)c(=O)c(C)c(C)c-3nc2c1. The van der Waals surface area contributed by atoms with Crippen LogP contribution in [0.5, 0.6) is 5.75 Å². The fourth-order valence-corrected chi connectivity index (χ4v) is 5.26. The highest BCUT2D eigenvalue weighted by atomic mass is 32.1. The van der Waals surface area contributed by atoms with E-state index in [0.29, 0.717) is 12.5 Å². The van der Waals surface area contributed by atoms with Crippen LogP contribution in [0.25, 0.3) is 20.8 Å². The molecule has 4 heteroatoms. The van der Waals surface area contributed by atoms with E-state index in [-0.39, 0.29) is 5.43 Å². The Morgan fingerprint density at radius 2 is 1.79 bits per heavy atom. The van der Waals surface area contributed by atoms with Gasteiger partial charge in [-0.1, -0.05) is 30.2 Å². The second-order valence-electron chi connectivity index (χ2n) is 9.92. The summed E-state index contributed by atoms with van der Waals surface area (Å²) in [5.41, 5.74) is 7.45. The van der Waals surface area contributed by atoms with E-state index >= 15 is 0 Å². The first-order chi connectivity index (χ1) is 16.2. The largest absolute Gasteiger partial charge is 0.494 e. The van der Waals surface area contributed by atoms with Crippen molar-refractivity contribution in [1.29, 1.82) is 0 Å². The van der Waals surface area contributed by atoms with Crippen LogP contribution < -0.4 is 10.2 Å². The van der Waals surface area contributed by atoms with Gasteiger partial charge in [0.05, 0.1) is 27.4 Å². The molecule has 0 bridgehead atoms. The molecule has 1 aliphatic heterocycles. The zero-order chi connectivity index (χ0) is 24.8. The summed E-state index contributed by atoms with van der Waals surface area (Å²) in [6.45, 7) is 15.4. The molecule has 0 spiro atoms. The standard InChI is InChI=1S/C30H39NO2S/c1-19(2)10-8-11-20(3)12-9-13-21(4)16-17-33-25-14-15-27-26(18-25)31-28-22(5)23(6)29(32)24(7)30(28)34-27/h10,12,14-15,18,21H,8-9,11,13,16-17H2,1-7H3/b20-12+. The molecule has 2 aliphatic rings. The van der Waals surface area contributed by atoms with Gasteiger partial charge in [-0.05, 0) is 97.3 Å². The lowest BCUT2D eigenvalue weighted by molar-refractivity contribution is 0.280. The van der Waals surface area contributed by atoms with Crippen molar-refractivity contribution in [2.24, 2.45) is 5.92 Å². The minimum absolute atomic E-state index is 0.130. The maximum atomic E-state index is 12.5. The molecule has 0 amide bonds. The number of ether oxygens (including phenoxy) is 1. The molecule has 0 saturated heterocycles. The van der Waals surface area contributed by atoms with Gasteiger partial charge in [0, 0.05) is 17.2 Å². The second-order valence-corrected chi connectivity index (χ2v) is 11.0. The molecule has 1 aromatic rings. The number of fused-ring (bicyclic) bond motifs is 2. The number of allylic oxidation sites excluding steroid dienone is 4. The van der Waals surface area contributed by atoms with E-state index in [2.05, 4.69) is 45.9 Å². The molecule has 0 radical (unpaired) electrons.